The molecule has 0 saturated carbocycles. The first-order valence-corrected chi connectivity index (χ1v) is 5.54. The average Bonchev–Trinajstić information content (AvgIpc) is 2.18. The second-order valence-electron chi connectivity index (χ2n) is 4.09. The van der Waals surface area contributed by atoms with Crippen molar-refractivity contribution in [2.24, 2.45) is 0 Å². The van der Waals surface area contributed by atoms with E-state index in [1.807, 2.05) is 13.8 Å². The maximum atomic E-state index is 13.6. The van der Waals surface area contributed by atoms with Crippen LogP contribution < -0.4 is 5.32 Å². The standard InChI is InChI=1S/C11H15BrFNO/c1-11(2,6-14-7-15)9-5-8(12)3-4-10(9)13/h3-5,14-15H,6-7H2,1-2H3. The van der Waals surface area contributed by atoms with E-state index in [0.29, 0.717) is 12.1 Å². The van der Waals surface area contributed by atoms with Gasteiger partial charge in [0.25, 0.3) is 0 Å². The second kappa shape index (κ2) is 5.05. The van der Waals surface area contributed by atoms with Gasteiger partial charge in [0.2, 0.25) is 0 Å². The fraction of sp³-hybridized carbons (Fsp3) is 0.455. The maximum absolute atomic E-state index is 13.6. The minimum atomic E-state index is -0.351. The van der Waals surface area contributed by atoms with Gasteiger partial charge >= 0.3 is 0 Å². The van der Waals surface area contributed by atoms with Gasteiger partial charge in [-0.3, -0.25) is 5.32 Å². The van der Waals surface area contributed by atoms with Crippen molar-refractivity contribution in [3.05, 3.63) is 34.1 Å². The molecule has 0 aromatic heterocycles. The van der Waals surface area contributed by atoms with E-state index in [1.54, 1.807) is 12.1 Å². The third kappa shape index (κ3) is 3.26. The maximum Gasteiger partial charge on any atom is 0.127 e. The van der Waals surface area contributed by atoms with Crippen molar-refractivity contribution in [1.82, 2.24) is 5.32 Å². The molecule has 0 bridgehead atoms. The number of halogens is 2. The summed E-state index contributed by atoms with van der Waals surface area (Å²) in [6, 6.07) is 4.89. The Kier molecular flexibility index (Phi) is 4.25. The highest BCUT2D eigenvalue weighted by molar-refractivity contribution is 9.10. The Labute approximate surface area is 97.6 Å². The lowest BCUT2D eigenvalue weighted by Gasteiger charge is -2.26. The van der Waals surface area contributed by atoms with Crippen LogP contribution in [0.1, 0.15) is 19.4 Å². The minimum Gasteiger partial charge on any atom is -0.381 e. The Hall–Kier alpha value is -0.450. The summed E-state index contributed by atoms with van der Waals surface area (Å²) in [5.41, 5.74) is 0.286. The van der Waals surface area contributed by atoms with Crippen LogP contribution in [0.15, 0.2) is 22.7 Å². The molecule has 0 atom stereocenters. The van der Waals surface area contributed by atoms with E-state index in [-0.39, 0.29) is 18.0 Å². The number of aliphatic hydroxyl groups excluding tert-OH is 1. The zero-order chi connectivity index (χ0) is 11.5. The van der Waals surface area contributed by atoms with Crippen molar-refractivity contribution in [3.63, 3.8) is 0 Å². The molecule has 0 saturated heterocycles. The summed E-state index contributed by atoms with van der Waals surface area (Å²) in [5.74, 6) is -0.220. The molecule has 84 valence electrons. The highest BCUT2D eigenvalue weighted by Crippen LogP contribution is 2.27. The lowest BCUT2D eigenvalue weighted by Crippen LogP contribution is -2.34. The number of rotatable bonds is 4. The molecule has 2 nitrogen and oxygen atoms in total. The Balaban J connectivity index is 2.97. The summed E-state index contributed by atoms with van der Waals surface area (Å²) in [7, 11) is 0. The van der Waals surface area contributed by atoms with E-state index >= 15 is 0 Å². The van der Waals surface area contributed by atoms with Crippen molar-refractivity contribution in [3.8, 4) is 0 Å². The summed E-state index contributed by atoms with van der Waals surface area (Å²) < 4.78 is 14.4. The first-order valence-electron chi connectivity index (χ1n) is 4.74. The lowest BCUT2D eigenvalue weighted by molar-refractivity contribution is 0.246. The first-order chi connectivity index (χ1) is 6.97. The zero-order valence-corrected chi connectivity index (χ0v) is 10.4. The smallest absolute Gasteiger partial charge is 0.127 e. The van der Waals surface area contributed by atoms with Crippen LogP contribution in [0.2, 0.25) is 0 Å². The van der Waals surface area contributed by atoms with Gasteiger partial charge in [0.15, 0.2) is 0 Å². The molecule has 2 N–H and O–H groups in total. The molecular formula is C11H15BrFNO. The third-order valence-corrected chi connectivity index (χ3v) is 2.83. The highest BCUT2D eigenvalue weighted by atomic mass is 79.9. The van der Waals surface area contributed by atoms with Gasteiger partial charge in [0, 0.05) is 16.4 Å². The second-order valence-corrected chi connectivity index (χ2v) is 5.01. The fourth-order valence-corrected chi connectivity index (χ4v) is 1.84. The number of aliphatic hydroxyl groups is 1. The number of hydrogen-bond acceptors (Lipinski definition) is 2. The van der Waals surface area contributed by atoms with Crippen LogP contribution in [0.4, 0.5) is 4.39 Å². The summed E-state index contributed by atoms with van der Waals surface area (Å²) in [6.07, 6.45) is 0. The molecule has 0 amide bonds. The SMILES string of the molecule is CC(C)(CNCO)c1cc(Br)ccc1F. The number of benzene rings is 1. The Morgan fingerprint density at radius 1 is 1.47 bits per heavy atom. The normalized spacial score (nSPS) is 11.8. The molecule has 1 rings (SSSR count). The number of hydrogen-bond donors (Lipinski definition) is 2. The molecular weight excluding hydrogens is 261 g/mol. The Bertz CT molecular complexity index is 341. The Morgan fingerprint density at radius 3 is 2.73 bits per heavy atom. The van der Waals surface area contributed by atoms with Crippen LogP contribution >= 0.6 is 15.9 Å². The van der Waals surface area contributed by atoms with E-state index in [9.17, 15) is 4.39 Å². The quantitative estimate of drug-likeness (QED) is 0.828. The van der Waals surface area contributed by atoms with Gasteiger partial charge in [0.05, 0.1) is 6.73 Å². The van der Waals surface area contributed by atoms with E-state index in [2.05, 4.69) is 21.2 Å². The Morgan fingerprint density at radius 2 is 2.13 bits per heavy atom. The highest BCUT2D eigenvalue weighted by Gasteiger charge is 2.23. The van der Waals surface area contributed by atoms with Gasteiger partial charge < -0.3 is 5.11 Å². The molecule has 0 unspecified atom stereocenters. The van der Waals surface area contributed by atoms with Crippen molar-refractivity contribution in [1.29, 1.82) is 0 Å². The molecule has 15 heavy (non-hydrogen) atoms. The van der Waals surface area contributed by atoms with E-state index in [4.69, 9.17) is 5.11 Å². The van der Waals surface area contributed by atoms with Crippen LogP contribution in [0.5, 0.6) is 0 Å². The van der Waals surface area contributed by atoms with Crippen molar-refractivity contribution < 1.29 is 9.50 Å². The van der Waals surface area contributed by atoms with Crippen LogP contribution in [0.3, 0.4) is 0 Å². The first kappa shape index (κ1) is 12.6. The van der Waals surface area contributed by atoms with Crippen LogP contribution in [0.25, 0.3) is 0 Å². The number of nitrogens with one attached hydrogen (secondary N) is 1. The molecule has 0 spiro atoms. The minimum absolute atomic E-state index is 0.0982. The van der Waals surface area contributed by atoms with Gasteiger partial charge in [-0.05, 0) is 23.8 Å². The largest absolute Gasteiger partial charge is 0.381 e. The van der Waals surface area contributed by atoms with Gasteiger partial charge in [-0.15, -0.1) is 0 Å². The van der Waals surface area contributed by atoms with Crippen molar-refractivity contribution in [2.45, 2.75) is 19.3 Å². The summed E-state index contributed by atoms with van der Waals surface area (Å²) >= 11 is 3.32. The van der Waals surface area contributed by atoms with Gasteiger partial charge in [-0.1, -0.05) is 29.8 Å². The molecule has 1 aromatic rings. The van der Waals surface area contributed by atoms with Gasteiger partial charge in [-0.2, -0.15) is 0 Å². The predicted molar refractivity (Wildman–Crippen MR) is 62.2 cm³/mol. The van der Waals surface area contributed by atoms with Crippen molar-refractivity contribution >= 4 is 15.9 Å². The van der Waals surface area contributed by atoms with Crippen LogP contribution in [-0.4, -0.2) is 18.4 Å². The fourth-order valence-electron chi connectivity index (χ4n) is 1.48. The van der Waals surface area contributed by atoms with Crippen molar-refractivity contribution in [2.75, 3.05) is 13.3 Å². The van der Waals surface area contributed by atoms with Crippen LogP contribution in [-0.2, 0) is 5.41 Å². The lowest BCUT2D eigenvalue weighted by atomic mass is 9.84. The molecule has 1 aromatic carbocycles. The zero-order valence-electron chi connectivity index (χ0n) is 8.85. The topological polar surface area (TPSA) is 32.3 Å². The summed E-state index contributed by atoms with van der Waals surface area (Å²) in [4.78, 5) is 0. The monoisotopic (exact) mass is 275 g/mol. The molecule has 0 heterocycles. The van der Waals surface area contributed by atoms with Gasteiger partial charge in [0.1, 0.15) is 5.82 Å². The third-order valence-electron chi connectivity index (χ3n) is 2.34. The molecule has 0 aliphatic rings. The van der Waals surface area contributed by atoms with E-state index in [0.717, 1.165) is 4.47 Å². The predicted octanol–water partition coefficient (Wildman–Crippen LogP) is 2.41. The molecule has 0 aliphatic carbocycles. The summed E-state index contributed by atoms with van der Waals surface area (Å²) in [6.45, 7) is 4.29. The molecule has 0 fully saturated rings. The van der Waals surface area contributed by atoms with E-state index in [1.165, 1.54) is 6.07 Å². The van der Waals surface area contributed by atoms with Gasteiger partial charge in [-0.25, -0.2) is 4.39 Å². The van der Waals surface area contributed by atoms with Crippen LogP contribution in [0, 0.1) is 5.82 Å². The summed E-state index contributed by atoms with van der Waals surface area (Å²) in [5, 5.41) is 11.5. The molecule has 0 aliphatic heterocycles. The molecule has 4 heteroatoms. The molecule has 0 radical (unpaired) electrons. The average molecular weight is 276 g/mol. The van der Waals surface area contributed by atoms with E-state index < -0.39 is 0 Å².